The second-order valence-corrected chi connectivity index (χ2v) is 23.0. The van der Waals surface area contributed by atoms with E-state index in [-0.39, 0.29) is 42.5 Å². The number of nitrogens with zero attached hydrogens (tertiary/aromatic N) is 4. The van der Waals surface area contributed by atoms with Gasteiger partial charge in [-0.25, -0.2) is 9.59 Å². The van der Waals surface area contributed by atoms with Gasteiger partial charge in [-0.3, -0.25) is 9.80 Å². The topological polar surface area (TPSA) is 95.0 Å². The molecule has 11 heteroatoms. The zero-order valence-electron chi connectivity index (χ0n) is 40.7. The van der Waals surface area contributed by atoms with Gasteiger partial charge in [0.1, 0.15) is 0 Å². The van der Waals surface area contributed by atoms with Crippen molar-refractivity contribution in [1.82, 2.24) is 19.6 Å². The predicted octanol–water partition coefficient (Wildman–Crippen LogP) is 9.41. The highest BCUT2D eigenvalue weighted by atomic mass is 28.4. The highest BCUT2D eigenvalue weighted by Gasteiger charge is 2.50. The average Bonchev–Trinajstić information content (AvgIpc) is 3.39. The molecule has 0 unspecified atom stereocenters. The summed E-state index contributed by atoms with van der Waals surface area (Å²) in [5, 5.41) is 11.2. The van der Waals surface area contributed by atoms with Crippen molar-refractivity contribution in [1.29, 1.82) is 0 Å². The van der Waals surface area contributed by atoms with E-state index in [9.17, 15) is 9.59 Å². The van der Waals surface area contributed by atoms with Gasteiger partial charge in [0.05, 0.1) is 25.3 Å². The summed E-state index contributed by atoms with van der Waals surface area (Å²) in [6, 6.07) is 63.9. The van der Waals surface area contributed by atoms with Gasteiger partial charge in [0, 0.05) is 78.4 Å². The molecule has 6 aromatic carbocycles. The van der Waals surface area contributed by atoms with Crippen LogP contribution in [-0.2, 0) is 13.9 Å². The smallest absolute Gasteiger partial charge is 0.409 e. The molecule has 2 fully saturated rings. The highest BCUT2D eigenvalue weighted by molar-refractivity contribution is 6.99. The van der Waals surface area contributed by atoms with Crippen molar-refractivity contribution < 1.29 is 28.6 Å². The van der Waals surface area contributed by atoms with Crippen molar-refractivity contribution in [3.63, 3.8) is 0 Å². The van der Waals surface area contributed by atoms with Crippen LogP contribution in [0, 0.1) is 0 Å². The van der Waals surface area contributed by atoms with Gasteiger partial charge in [-0.15, -0.1) is 0 Å². The largest absolute Gasteiger partial charge is 0.449 e. The molecule has 2 heterocycles. The number of amides is 2. The Kier molecular flexibility index (Phi) is 18.8. The molecule has 0 atom stereocenters. The molecule has 10 nitrogen and oxygen atoms in total. The lowest BCUT2D eigenvalue weighted by molar-refractivity contribution is 0.0648. The molecule has 8 rings (SSSR count). The first-order valence-electron chi connectivity index (χ1n) is 24.6. The van der Waals surface area contributed by atoms with Crippen LogP contribution in [-0.4, -0.2) is 124 Å². The van der Waals surface area contributed by atoms with E-state index in [0.717, 1.165) is 26.2 Å². The number of hydrogen-bond acceptors (Lipinski definition) is 8. The van der Waals surface area contributed by atoms with E-state index < -0.39 is 8.32 Å². The molecule has 0 spiro atoms. The number of hydrogen-bond donors (Lipinski definition) is 1. The molecule has 2 saturated heterocycles. The van der Waals surface area contributed by atoms with Crippen molar-refractivity contribution in [2.24, 2.45) is 0 Å². The predicted molar refractivity (Wildman–Crippen MR) is 278 cm³/mol. The Morgan fingerprint density at radius 1 is 0.464 bits per heavy atom. The summed E-state index contributed by atoms with van der Waals surface area (Å²) in [5.41, 5.74) is 5.06. The van der Waals surface area contributed by atoms with Crippen LogP contribution in [0.3, 0.4) is 0 Å². The third-order valence-electron chi connectivity index (χ3n) is 13.1. The summed E-state index contributed by atoms with van der Waals surface area (Å²) in [7, 11) is -2.59. The zero-order valence-corrected chi connectivity index (χ0v) is 41.7. The molecule has 0 bridgehead atoms. The molecule has 1 N–H and O–H groups in total. The molecular weight excluding hydrogens is 877 g/mol. The number of carbonyl (C=O) groups is 2. The molecule has 362 valence electrons. The summed E-state index contributed by atoms with van der Waals surface area (Å²) in [4.78, 5) is 33.6. The summed E-state index contributed by atoms with van der Waals surface area (Å²) in [5.74, 6) is 0. The monoisotopic (exact) mass is 947 g/mol. The van der Waals surface area contributed by atoms with E-state index in [4.69, 9.17) is 19.0 Å². The average molecular weight is 947 g/mol. The Morgan fingerprint density at radius 2 is 0.768 bits per heavy atom. The molecule has 0 radical (unpaired) electrons. The normalized spacial score (nSPS) is 14.8. The Bertz CT molecular complexity index is 2280. The fourth-order valence-electron chi connectivity index (χ4n) is 9.71. The van der Waals surface area contributed by atoms with Crippen LogP contribution in [0.5, 0.6) is 0 Å². The molecule has 69 heavy (non-hydrogen) atoms. The highest BCUT2D eigenvalue weighted by Crippen LogP contribution is 2.37. The third-order valence-corrected chi connectivity index (χ3v) is 18.2. The van der Waals surface area contributed by atoms with Gasteiger partial charge in [-0.1, -0.05) is 203 Å². The lowest BCUT2D eigenvalue weighted by atomic mass is 9.96. The van der Waals surface area contributed by atoms with Crippen molar-refractivity contribution in [3.8, 4) is 0 Å². The number of carbonyl (C=O) groups excluding carboxylic acids is 2. The minimum absolute atomic E-state index is 0.0386. The molecule has 0 aromatic heterocycles. The third kappa shape index (κ3) is 13.4. The quantitative estimate of drug-likeness (QED) is 0.0759. The van der Waals surface area contributed by atoms with E-state index in [1.807, 2.05) is 17.0 Å². The number of ether oxygens (including phenoxy) is 2. The second-order valence-electron chi connectivity index (χ2n) is 18.7. The maximum atomic E-state index is 13.0. The minimum Gasteiger partial charge on any atom is -0.449 e. The van der Waals surface area contributed by atoms with E-state index in [2.05, 4.69) is 200 Å². The lowest BCUT2D eigenvalue weighted by Gasteiger charge is -2.43. The zero-order chi connectivity index (χ0) is 48.3. The minimum atomic E-state index is -2.59. The van der Waals surface area contributed by atoms with Gasteiger partial charge in [-0.05, 0) is 37.7 Å². The Labute approximate surface area is 411 Å². The van der Waals surface area contributed by atoms with E-state index in [1.165, 1.54) is 32.6 Å². The van der Waals surface area contributed by atoms with Crippen LogP contribution in [0.4, 0.5) is 9.59 Å². The van der Waals surface area contributed by atoms with E-state index in [0.29, 0.717) is 52.2 Å². The van der Waals surface area contributed by atoms with Gasteiger partial charge in [0.25, 0.3) is 8.32 Å². The van der Waals surface area contributed by atoms with Crippen molar-refractivity contribution in [2.75, 3.05) is 78.8 Å². The molecule has 6 aromatic rings. The first-order valence-corrected chi connectivity index (χ1v) is 26.5. The number of benzene rings is 6. The summed E-state index contributed by atoms with van der Waals surface area (Å²) >= 11 is 0. The number of aliphatic hydroxyl groups excluding tert-OH is 1. The molecule has 2 aliphatic rings. The van der Waals surface area contributed by atoms with Gasteiger partial charge in [0.15, 0.2) is 0 Å². The first kappa shape index (κ1) is 50.8. The Hall–Kier alpha value is -6.08. The van der Waals surface area contributed by atoms with Crippen molar-refractivity contribution in [3.05, 3.63) is 204 Å². The van der Waals surface area contributed by atoms with Crippen LogP contribution < -0.4 is 10.4 Å². The first-order chi connectivity index (χ1) is 33.7. The van der Waals surface area contributed by atoms with Crippen LogP contribution in [0.25, 0.3) is 0 Å². The van der Waals surface area contributed by atoms with E-state index >= 15 is 0 Å². The number of rotatable bonds is 16. The van der Waals surface area contributed by atoms with Gasteiger partial charge in [-0.2, -0.15) is 0 Å². The summed E-state index contributed by atoms with van der Waals surface area (Å²) in [6.07, 6.45) is 0.617. The molecular formula is C58H70N4O6Si. The van der Waals surface area contributed by atoms with Gasteiger partial charge >= 0.3 is 12.2 Å². The second kappa shape index (κ2) is 25.5. The van der Waals surface area contributed by atoms with Crippen molar-refractivity contribution >= 4 is 30.9 Å². The molecule has 2 aliphatic heterocycles. The van der Waals surface area contributed by atoms with Crippen LogP contribution in [0.15, 0.2) is 182 Å². The number of piperazine rings is 2. The van der Waals surface area contributed by atoms with Crippen LogP contribution >= 0.6 is 0 Å². The maximum absolute atomic E-state index is 13.0. The Morgan fingerprint density at radius 3 is 1.07 bits per heavy atom. The SMILES string of the molecule is CC(C)(C)[Si](OCCCOC(=O)N1CCN(C(c2ccccc2)c2ccccc2)CC1)(c1ccccc1)c1ccccc1.O=C(OCCCO)N1CCN(C(c2ccccc2)c2ccccc2)CC1. The fraction of sp³-hybridized carbons (Fsp3) is 0.345. The lowest BCUT2D eigenvalue weighted by Crippen LogP contribution is -2.66. The van der Waals surface area contributed by atoms with Crippen molar-refractivity contribution in [2.45, 2.75) is 50.7 Å². The van der Waals surface area contributed by atoms with Crippen LogP contribution in [0.2, 0.25) is 5.04 Å². The van der Waals surface area contributed by atoms with Gasteiger partial charge in [0.2, 0.25) is 0 Å². The maximum Gasteiger partial charge on any atom is 0.409 e. The van der Waals surface area contributed by atoms with Crippen LogP contribution in [0.1, 0.15) is 68.0 Å². The van der Waals surface area contributed by atoms with Gasteiger partial charge < -0.3 is 28.8 Å². The molecule has 2 amide bonds. The molecule has 0 saturated carbocycles. The number of aliphatic hydroxyl groups is 1. The molecule has 0 aliphatic carbocycles. The summed E-state index contributed by atoms with van der Waals surface area (Å²) < 4.78 is 17.9. The van der Waals surface area contributed by atoms with E-state index in [1.54, 1.807) is 4.90 Å². The standard InChI is InChI=1S/C37H44N2O3Si.C21H26N2O3/c1-37(2,3)43(33-21-12-6-13-22-33,34-23-14-7-15-24-34)42-30-16-29-41-36(40)39-27-25-38(26-28-39)35(31-17-8-4-9-18-31)32-19-10-5-11-20-32;24-16-7-17-26-21(25)23-14-12-22(13-15-23)20(18-8-3-1-4-9-18)19-10-5-2-6-11-19/h4-15,17-24,35H,16,25-30H2,1-3H3;1-6,8-11,20,24H,7,12-17H2. The Balaban J connectivity index is 0.000000231. The fourth-order valence-corrected chi connectivity index (χ4v) is 14.3. The summed E-state index contributed by atoms with van der Waals surface area (Å²) in [6.45, 7) is 13.8.